The minimum absolute atomic E-state index is 0.0822. The lowest BCUT2D eigenvalue weighted by molar-refractivity contribution is 0.0686. The number of nitrogens with zero attached hydrogens (tertiary/aromatic N) is 1. The molecule has 0 saturated carbocycles. The first-order valence-corrected chi connectivity index (χ1v) is 4.69. The van der Waals surface area contributed by atoms with Gasteiger partial charge in [-0.3, -0.25) is 4.98 Å². The van der Waals surface area contributed by atoms with Crippen LogP contribution < -0.4 is 0 Å². The van der Waals surface area contributed by atoms with Crippen LogP contribution in [0.4, 0.5) is 0 Å². The van der Waals surface area contributed by atoms with Crippen LogP contribution >= 0.6 is 0 Å². The fraction of sp³-hybridized carbons (Fsp3) is 0. The minimum Gasteiger partial charge on any atom is -0.478 e. The van der Waals surface area contributed by atoms with Gasteiger partial charge in [-0.25, -0.2) is 9.59 Å². The van der Waals surface area contributed by atoms with Crippen LogP contribution in [-0.2, 0) is 0 Å². The third-order valence-corrected chi connectivity index (χ3v) is 2.22. The number of aromatic nitrogens is 2. The van der Waals surface area contributed by atoms with Gasteiger partial charge < -0.3 is 15.2 Å². The molecule has 0 atom stereocenters. The summed E-state index contributed by atoms with van der Waals surface area (Å²) in [5, 5.41) is 17.4. The molecule has 0 bridgehead atoms. The number of nitrogens with one attached hydrogen (secondary N) is 1. The van der Waals surface area contributed by atoms with E-state index in [-0.39, 0.29) is 11.1 Å². The average Bonchev–Trinajstić information content (AvgIpc) is 2.78. The van der Waals surface area contributed by atoms with Gasteiger partial charge in [0.2, 0.25) is 0 Å². The molecule has 0 aliphatic carbocycles. The molecule has 2 heterocycles. The Labute approximate surface area is 95.6 Å². The summed E-state index contributed by atoms with van der Waals surface area (Å²) < 4.78 is 0. The van der Waals surface area contributed by atoms with E-state index in [1.807, 2.05) is 0 Å². The molecule has 2 aromatic heterocycles. The number of aromatic amines is 1. The van der Waals surface area contributed by atoms with E-state index in [4.69, 9.17) is 10.2 Å². The van der Waals surface area contributed by atoms with Crippen molar-refractivity contribution in [1.82, 2.24) is 9.97 Å². The van der Waals surface area contributed by atoms with E-state index in [1.54, 1.807) is 0 Å². The highest BCUT2D eigenvalue weighted by molar-refractivity contribution is 5.89. The minimum atomic E-state index is -1.05. The Morgan fingerprint density at radius 3 is 2.29 bits per heavy atom. The van der Waals surface area contributed by atoms with Gasteiger partial charge in [0, 0.05) is 12.4 Å². The zero-order valence-corrected chi connectivity index (χ0v) is 8.54. The molecule has 86 valence electrons. The van der Waals surface area contributed by atoms with E-state index < -0.39 is 11.9 Å². The molecule has 0 amide bonds. The van der Waals surface area contributed by atoms with Crippen LogP contribution in [0.15, 0.2) is 30.6 Å². The Balaban J connectivity index is 2.33. The largest absolute Gasteiger partial charge is 0.478 e. The zero-order chi connectivity index (χ0) is 12.4. The van der Waals surface area contributed by atoms with E-state index in [0.717, 1.165) is 0 Å². The molecular weight excluding hydrogens is 224 g/mol. The van der Waals surface area contributed by atoms with Crippen molar-refractivity contribution in [2.24, 2.45) is 0 Å². The second kappa shape index (κ2) is 4.09. The number of hydrogen-bond acceptors (Lipinski definition) is 3. The van der Waals surface area contributed by atoms with Gasteiger partial charge in [-0.2, -0.15) is 0 Å². The molecule has 0 aliphatic rings. The highest BCUT2D eigenvalue weighted by Gasteiger charge is 2.09. The molecule has 6 heteroatoms. The van der Waals surface area contributed by atoms with E-state index >= 15 is 0 Å². The Bertz CT molecular complexity index is 571. The number of H-pyrrole nitrogens is 1. The zero-order valence-electron chi connectivity index (χ0n) is 8.54. The van der Waals surface area contributed by atoms with Gasteiger partial charge in [0.15, 0.2) is 0 Å². The number of pyridine rings is 1. The van der Waals surface area contributed by atoms with Crippen molar-refractivity contribution in [3.05, 3.63) is 41.7 Å². The molecule has 0 fully saturated rings. The van der Waals surface area contributed by atoms with Gasteiger partial charge in [-0.05, 0) is 18.2 Å². The Hall–Kier alpha value is -2.63. The molecule has 0 saturated heterocycles. The number of aromatic carboxylic acids is 2. The average molecular weight is 232 g/mol. The molecule has 0 unspecified atom stereocenters. The van der Waals surface area contributed by atoms with Crippen molar-refractivity contribution < 1.29 is 19.8 Å². The summed E-state index contributed by atoms with van der Waals surface area (Å²) in [6, 6.07) is 4.36. The van der Waals surface area contributed by atoms with Crippen LogP contribution in [0.5, 0.6) is 0 Å². The Morgan fingerprint density at radius 2 is 1.82 bits per heavy atom. The number of carboxylic acid groups (broad SMARTS) is 2. The third kappa shape index (κ3) is 2.15. The van der Waals surface area contributed by atoms with Gasteiger partial charge in [0.25, 0.3) is 0 Å². The fourth-order valence-corrected chi connectivity index (χ4v) is 1.35. The molecule has 0 aliphatic heterocycles. The predicted octanol–water partition coefficient (Wildman–Crippen LogP) is 1.47. The van der Waals surface area contributed by atoms with Crippen LogP contribution in [0.2, 0.25) is 0 Å². The van der Waals surface area contributed by atoms with Crippen molar-refractivity contribution in [3.63, 3.8) is 0 Å². The summed E-state index contributed by atoms with van der Waals surface area (Å²) in [7, 11) is 0. The molecule has 0 radical (unpaired) electrons. The van der Waals surface area contributed by atoms with Crippen molar-refractivity contribution in [2.75, 3.05) is 0 Å². The van der Waals surface area contributed by atoms with Crippen molar-refractivity contribution >= 4 is 11.9 Å². The second-order valence-corrected chi connectivity index (χ2v) is 3.34. The van der Waals surface area contributed by atoms with E-state index in [1.165, 1.54) is 30.6 Å². The van der Waals surface area contributed by atoms with Crippen LogP contribution in [-0.4, -0.2) is 32.1 Å². The molecule has 0 spiro atoms. The summed E-state index contributed by atoms with van der Waals surface area (Å²) >= 11 is 0. The highest BCUT2D eigenvalue weighted by atomic mass is 16.4. The number of carboxylic acids is 2. The topological polar surface area (TPSA) is 103 Å². The summed E-state index contributed by atoms with van der Waals surface area (Å²) in [5.41, 5.74) is 1.23. The van der Waals surface area contributed by atoms with E-state index in [9.17, 15) is 9.59 Å². The molecular formula is C11H8N2O4. The van der Waals surface area contributed by atoms with Crippen LogP contribution in [0.25, 0.3) is 11.4 Å². The number of carbonyl (C=O) groups is 2. The molecule has 0 aromatic carbocycles. The molecule has 17 heavy (non-hydrogen) atoms. The lowest BCUT2D eigenvalue weighted by atomic mass is 10.2. The van der Waals surface area contributed by atoms with Gasteiger partial charge in [-0.1, -0.05) is 0 Å². The first-order valence-electron chi connectivity index (χ1n) is 4.69. The molecule has 3 N–H and O–H groups in total. The van der Waals surface area contributed by atoms with Crippen molar-refractivity contribution in [3.8, 4) is 11.4 Å². The lowest BCUT2D eigenvalue weighted by Gasteiger charge is -1.97. The normalized spacial score (nSPS) is 10.1. The molecule has 2 rings (SSSR count). The summed E-state index contributed by atoms with van der Waals surface area (Å²) in [5.74, 6) is -2.09. The summed E-state index contributed by atoms with van der Waals surface area (Å²) in [6.45, 7) is 0. The SMILES string of the molecule is O=C(O)c1ccc(-c2cc(C(=O)O)c[nH]2)nc1. The maximum Gasteiger partial charge on any atom is 0.337 e. The standard InChI is InChI=1S/C11H8N2O4/c14-10(15)6-1-2-8(12-4-6)9-3-7(5-13-9)11(16)17/h1-5,13H,(H,14,15)(H,16,17). The number of hydrogen-bond donors (Lipinski definition) is 3. The first-order chi connectivity index (χ1) is 8.08. The van der Waals surface area contributed by atoms with Crippen LogP contribution in [0.1, 0.15) is 20.7 Å². The van der Waals surface area contributed by atoms with Gasteiger partial charge in [0.05, 0.1) is 22.5 Å². The van der Waals surface area contributed by atoms with E-state index in [2.05, 4.69) is 9.97 Å². The first kappa shape index (κ1) is 10.9. The Morgan fingerprint density at radius 1 is 1.12 bits per heavy atom. The smallest absolute Gasteiger partial charge is 0.337 e. The monoisotopic (exact) mass is 232 g/mol. The Kier molecular flexibility index (Phi) is 2.61. The maximum atomic E-state index is 10.7. The van der Waals surface area contributed by atoms with Crippen LogP contribution in [0, 0.1) is 0 Å². The fourth-order valence-electron chi connectivity index (χ4n) is 1.35. The highest BCUT2D eigenvalue weighted by Crippen LogP contribution is 2.17. The van der Waals surface area contributed by atoms with Gasteiger partial charge in [-0.15, -0.1) is 0 Å². The number of rotatable bonds is 3. The van der Waals surface area contributed by atoms with Crippen LogP contribution in [0.3, 0.4) is 0 Å². The molecule has 6 nitrogen and oxygen atoms in total. The summed E-state index contributed by atoms with van der Waals surface area (Å²) in [6.07, 6.45) is 2.57. The third-order valence-electron chi connectivity index (χ3n) is 2.22. The van der Waals surface area contributed by atoms with E-state index in [0.29, 0.717) is 11.4 Å². The second-order valence-electron chi connectivity index (χ2n) is 3.34. The van der Waals surface area contributed by atoms with Gasteiger partial charge in [0.1, 0.15) is 0 Å². The molecule has 2 aromatic rings. The maximum absolute atomic E-state index is 10.7. The summed E-state index contributed by atoms with van der Waals surface area (Å²) in [4.78, 5) is 28.0. The predicted molar refractivity (Wildman–Crippen MR) is 57.9 cm³/mol. The van der Waals surface area contributed by atoms with Crippen molar-refractivity contribution in [1.29, 1.82) is 0 Å². The van der Waals surface area contributed by atoms with Crippen molar-refractivity contribution in [2.45, 2.75) is 0 Å². The quantitative estimate of drug-likeness (QED) is 0.743. The van der Waals surface area contributed by atoms with Gasteiger partial charge >= 0.3 is 11.9 Å². The lowest BCUT2D eigenvalue weighted by Crippen LogP contribution is -1.97.